The van der Waals surface area contributed by atoms with Crippen molar-refractivity contribution in [3.05, 3.63) is 53.3 Å². The Labute approximate surface area is 160 Å². The van der Waals surface area contributed by atoms with Crippen LogP contribution in [-0.4, -0.2) is 46.1 Å². The number of carbonyl (C=O) groups is 2. The highest BCUT2D eigenvalue weighted by Gasteiger charge is 2.33. The van der Waals surface area contributed by atoms with Crippen LogP contribution >= 0.6 is 0 Å². The molecule has 1 aliphatic heterocycles. The third-order valence-electron chi connectivity index (χ3n) is 4.65. The molecule has 0 radical (unpaired) electrons. The zero-order valence-corrected chi connectivity index (χ0v) is 15.9. The van der Waals surface area contributed by atoms with E-state index in [1.54, 1.807) is 48.2 Å². The highest BCUT2D eigenvalue weighted by atomic mass is 16.3. The SMILES string of the molecule is CC/C(=C\C=C(/C)O)CNC(=O)C1CCCN1C(=O)Cc1cccc(O)c1. The molecule has 1 unspecified atom stereocenters. The van der Waals surface area contributed by atoms with Crippen LogP contribution in [0, 0.1) is 0 Å². The third-order valence-corrected chi connectivity index (χ3v) is 4.65. The molecule has 3 N–H and O–H groups in total. The molecule has 1 saturated heterocycles. The highest BCUT2D eigenvalue weighted by molar-refractivity contribution is 5.89. The molecule has 1 heterocycles. The summed E-state index contributed by atoms with van der Waals surface area (Å²) in [6.07, 6.45) is 5.78. The smallest absolute Gasteiger partial charge is 0.243 e. The molecular formula is C21H28N2O4. The predicted molar refractivity (Wildman–Crippen MR) is 104 cm³/mol. The van der Waals surface area contributed by atoms with E-state index in [1.165, 1.54) is 0 Å². The second-order valence-corrected chi connectivity index (χ2v) is 6.80. The van der Waals surface area contributed by atoms with Gasteiger partial charge in [-0.15, -0.1) is 0 Å². The standard InChI is InChI=1S/C21H28N2O4/c1-3-16(10-9-15(2)24)14-22-21(27)19-8-5-11-23(19)20(26)13-17-6-4-7-18(25)12-17/h4,6-7,9-10,12,19,24-25H,3,5,8,11,13-14H2,1-2H3,(H,22,27)/b15-9+,16-10+. The number of carbonyl (C=O) groups excluding carboxylic acids is 2. The highest BCUT2D eigenvalue weighted by Crippen LogP contribution is 2.20. The average Bonchev–Trinajstić information content (AvgIpc) is 3.11. The Bertz CT molecular complexity index is 735. The maximum atomic E-state index is 12.6. The number of aliphatic hydroxyl groups excluding tert-OH is 1. The van der Waals surface area contributed by atoms with Gasteiger partial charge in [-0.25, -0.2) is 0 Å². The number of rotatable bonds is 7. The zero-order valence-electron chi connectivity index (χ0n) is 15.9. The first-order valence-corrected chi connectivity index (χ1v) is 9.31. The van der Waals surface area contributed by atoms with Gasteiger partial charge < -0.3 is 20.4 Å². The van der Waals surface area contributed by atoms with E-state index in [2.05, 4.69) is 5.32 Å². The molecule has 1 aromatic rings. The van der Waals surface area contributed by atoms with Gasteiger partial charge in [0.1, 0.15) is 11.8 Å². The first-order chi connectivity index (χ1) is 12.9. The summed E-state index contributed by atoms with van der Waals surface area (Å²) in [6, 6.07) is 6.16. The van der Waals surface area contributed by atoms with Gasteiger partial charge >= 0.3 is 0 Å². The van der Waals surface area contributed by atoms with E-state index in [9.17, 15) is 19.8 Å². The second kappa shape index (κ2) is 9.80. The van der Waals surface area contributed by atoms with Gasteiger partial charge in [-0.3, -0.25) is 9.59 Å². The third kappa shape index (κ3) is 6.16. The van der Waals surface area contributed by atoms with Crippen molar-refractivity contribution in [3.8, 4) is 5.75 Å². The van der Waals surface area contributed by atoms with E-state index in [0.29, 0.717) is 19.5 Å². The van der Waals surface area contributed by atoms with Crippen LogP contribution in [0.4, 0.5) is 0 Å². The molecule has 0 saturated carbocycles. The number of benzene rings is 1. The Hall–Kier alpha value is -2.76. The number of hydrogen-bond acceptors (Lipinski definition) is 4. The van der Waals surface area contributed by atoms with E-state index in [1.807, 2.05) is 6.92 Å². The van der Waals surface area contributed by atoms with Crippen molar-refractivity contribution < 1.29 is 19.8 Å². The molecule has 0 spiro atoms. The Kier molecular flexibility index (Phi) is 7.46. The quantitative estimate of drug-likeness (QED) is 0.507. The lowest BCUT2D eigenvalue weighted by Crippen LogP contribution is -2.46. The summed E-state index contributed by atoms with van der Waals surface area (Å²) in [6.45, 7) is 4.54. The summed E-state index contributed by atoms with van der Waals surface area (Å²) < 4.78 is 0. The van der Waals surface area contributed by atoms with Crippen molar-refractivity contribution in [2.24, 2.45) is 0 Å². The number of nitrogens with zero attached hydrogens (tertiary/aromatic N) is 1. The van der Waals surface area contributed by atoms with E-state index >= 15 is 0 Å². The van der Waals surface area contributed by atoms with Gasteiger partial charge in [0.05, 0.1) is 12.2 Å². The zero-order chi connectivity index (χ0) is 19.8. The summed E-state index contributed by atoms with van der Waals surface area (Å²) in [4.78, 5) is 26.8. The number of likely N-dealkylation sites (tertiary alicyclic amines) is 1. The van der Waals surface area contributed by atoms with Gasteiger partial charge in [0, 0.05) is 13.1 Å². The van der Waals surface area contributed by atoms with Crippen LogP contribution in [0.25, 0.3) is 0 Å². The molecule has 1 atom stereocenters. The molecule has 1 fully saturated rings. The van der Waals surface area contributed by atoms with Crippen molar-refractivity contribution in [1.82, 2.24) is 10.2 Å². The van der Waals surface area contributed by atoms with Gasteiger partial charge in [-0.1, -0.05) is 30.7 Å². The lowest BCUT2D eigenvalue weighted by atomic mass is 10.1. The Morgan fingerprint density at radius 3 is 2.78 bits per heavy atom. The van der Waals surface area contributed by atoms with Crippen LogP contribution < -0.4 is 5.32 Å². The number of phenols is 1. The molecule has 2 amide bonds. The van der Waals surface area contributed by atoms with Gasteiger partial charge in [-0.05, 0) is 50.0 Å². The Morgan fingerprint density at radius 2 is 2.11 bits per heavy atom. The fourth-order valence-electron chi connectivity index (χ4n) is 3.14. The lowest BCUT2D eigenvalue weighted by Gasteiger charge is -2.24. The minimum atomic E-state index is -0.456. The van der Waals surface area contributed by atoms with Crippen LogP contribution in [0.15, 0.2) is 47.7 Å². The van der Waals surface area contributed by atoms with Crippen LogP contribution in [0.2, 0.25) is 0 Å². The molecule has 1 aromatic carbocycles. The van der Waals surface area contributed by atoms with Crippen molar-refractivity contribution in [2.45, 2.75) is 45.6 Å². The number of aromatic hydroxyl groups is 1. The molecule has 0 aromatic heterocycles. The minimum absolute atomic E-state index is 0.108. The summed E-state index contributed by atoms with van der Waals surface area (Å²) in [5.41, 5.74) is 1.72. The second-order valence-electron chi connectivity index (χ2n) is 6.80. The number of amides is 2. The van der Waals surface area contributed by atoms with Crippen LogP contribution in [0.1, 0.15) is 38.7 Å². The number of hydrogen-bond donors (Lipinski definition) is 3. The van der Waals surface area contributed by atoms with Crippen molar-refractivity contribution in [1.29, 1.82) is 0 Å². The van der Waals surface area contributed by atoms with Gasteiger partial charge in [-0.2, -0.15) is 0 Å². The number of allylic oxidation sites excluding steroid dienone is 3. The maximum absolute atomic E-state index is 12.6. The fourth-order valence-corrected chi connectivity index (χ4v) is 3.14. The Morgan fingerprint density at radius 1 is 1.33 bits per heavy atom. The molecule has 2 rings (SSSR count). The van der Waals surface area contributed by atoms with E-state index in [4.69, 9.17) is 0 Å². The van der Waals surface area contributed by atoms with Gasteiger partial charge in [0.15, 0.2) is 0 Å². The molecule has 6 heteroatoms. The molecule has 6 nitrogen and oxygen atoms in total. The first-order valence-electron chi connectivity index (χ1n) is 9.31. The normalized spacial score (nSPS) is 17.9. The minimum Gasteiger partial charge on any atom is -0.513 e. The van der Waals surface area contributed by atoms with Gasteiger partial charge in [0.2, 0.25) is 11.8 Å². The molecule has 146 valence electrons. The maximum Gasteiger partial charge on any atom is 0.243 e. The molecule has 1 aliphatic rings. The molecule has 0 bridgehead atoms. The van der Waals surface area contributed by atoms with E-state index < -0.39 is 6.04 Å². The Balaban J connectivity index is 1.96. The van der Waals surface area contributed by atoms with Crippen LogP contribution in [-0.2, 0) is 16.0 Å². The molecule has 27 heavy (non-hydrogen) atoms. The lowest BCUT2D eigenvalue weighted by molar-refractivity contribution is -0.137. The summed E-state index contributed by atoms with van der Waals surface area (Å²) in [5.74, 6) is 0.0815. The monoisotopic (exact) mass is 372 g/mol. The van der Waals surface area contributed by atoms with Gasteiger partial charge in [0.25, 0.3) is 0 Å². The predicted octanol–water partition coefficient (Wildman–Crippen LogP) is 2.84. The molecular weight excluding hydrogens is 344 g/mol. The van der Waals surface area contributed by atoms with E-state index in [0.717, 1.165) is 24.0 Å². The number of aliphatic hydroxyl groups is 1. The fraction of sp³-hybridized carbons (Fsp3) is 0.429. The topological polar surface area (TPSA) is 89.9 Å². The number of phenolic OH excluding ortho intramolecular Hbond substituents is 1. The average molecular weight is 372 g/mol. The summed E-state index contributed by atoms with van der Waals surface area (Å²) >= 11 is 0. The van der Waals surface area contributed by atoms with Crippen molar-refractivity contribution in [2.75, 3.05) is 13.1 Å². The summed E-state index contributed by atoms with van der Waals surface area (Å²) in [7, 11) is 0. The first kappa shape index (κ1) is 20.6. The largest absolute Gasteiger partial charge is 0.513 e. The molecule has 0 aliphatic carbocycles. The number of nitrogens with one attached hydrogen (secondary N) is 1. The van der Waals surface area contributed by atoms with Crippen LogP contribution in [0.3, 0.4) is 0 Å². The van der Waals surface area contributed by atoms with Crippen molar-refractivity contribution in [3.63, 3.8) is 0 Å². The van der Waals surface area contributed by atoms with Crippen LogP contribution in [0.5, 0.6) is 5.75 Å². The van der Waals surface area contributed by atoms with Crippen molar-refractivity contribution >= 4 is 11.8 Å². The van der Waals surface area contributed by atoms with E-state index in [-0.39, 0.29) is 29.7 Å². The summed E-state index contributed by atoms with van der Waals surface area (Å²) in [5, 5.41) is 21.7.